The number of hydrogen-bond donors (Lipinski definition) is 2. The predicted molar refractivity (Wildman–Crippen MR) is 128 cm³/mol. The van der Waals surface area contributed by atoms with E-state index in [-0.39, 0.29) is 5.91 Å². The Kier molecular flexibility index (Phi) is 6.70. The van der Waals surface area contributed by atoms with Crippen LogP contribution in [-0.4, -0.2) is 32.7 Å². The summed E-state index contributed by atoms with van der Waals surface area (Å²) in [5.41, 5.74) is 3.02. The van der Waals surface area contributed by atoms with Crippen molar-refractivity contribution in [1.29, 1.82) is 0 Å². The Bertz CT molecular complexity index is 1170. The van der Waals surface area contributed by atoms with Crippen LogP contribution in [0.5, 0.6) is 11.5 Å². The lowest BCUT2D eigenvalue weighted by atomic mass is 10.1. The van der Waals surface area contributed by atoms with Gasteiger partial charge >= 0.3 is 6.03 Å². The van der Waals surface area contributed by atoms with Gasteiger partial charge in [-0.15, -0.1) is 0 Å². The van der Waals surface area contributed by atoms with Gasteiger partial charge < -0.3 is 25.0 Å². The van der Waals surface area contributed by atoms with Gasteiger partial charge in [-0.25, -0.2) is 4.79 Å². The molecule has 3 amide bonds. The number of rotatable bonds is 6. The zero-order valence-corrected chi connectivity index (χ0v) is 19.1. The van der Waals surface area contributed by atoms with Gasteiger partial charge in [0.05, 0.1) is 24.9 Å². The molecule has 1 aliphatic rings. The highest BCUT2D eigenvalue weighted by Crippen LogP contribution is 2.36. The molecule has 0 spiro atoms. The smallest absolute Gasteiger partial charge is 0.320 e. The van der Waals surface area contributed by atoms with Crippen LogP contribution in [0.2, 0.25) is 5.02 Å². The number of hydrogen-bond acceptors (Lipinski definition) is 4. The Morgan fingerprint density at radius 2 is 1.67 bits per heavy atom. The molecule has 170 valence electrons. The fourth-order valence-electron chi connectivity index (χ4n) is 3.90. The molecule has 0 unspecified atom stereocenters. The van der Waals surface area contributed by atoms with Crippen LogP contribution < -0.4 is 25.0 Å². The first kappa shape index (κ1) is 22.5. The van der Waals surface area contributed by atoms with Crippen molar-refractivity contribution in [1.82, 2.24) is 5.32 Å². The Morgan fingerprint density at radius 3 is 2.39 bits per heavy atom. The molecule has 0 bridgehead atoms. The van der Waals surface area contributed by atoms with Crippen molar-refractivity contribution in [2.45, 2.75) is 12.5 Å². The van der Waals surface area contributed by atoms with Gasteiger partial charge in [0.2, 0.25) is 0 Å². The number of para-hydroxylation sites is 1. The number of ether oxygens (including phenoxy) is 2. The van der Waals surface area contributed by atoms with Crippen molar-refractivity contribution in [3.05, 3.63) is 82.9 Å². The summed E-state index contributed by atoms with van der Waals surface area (Å²) in [4.78, 5) is 28.3. The molecule has 0 fully saturated rings. The number of halogens is 1. The highest BCUT2D eigenvalue weighted by atomic mass is 35.5. The lowest BCUT2D eigenvalue weighted by Crippen LogP contribution is -2.43. The second kappa shape index (κ2) is 9.83. The van der Waals surface area contributed by atoms with Crippen LogP contribution in [-0.2, 0) is 11.2 Å². The average molecular weight is 466 g/mol. The Labute approximate surface area is 197 Å². The molecule has 3 aromatic rings. The molecule has 1 heterocycles. The standard InChI is InChI=1S/C25H24ClN3O4/c1-32-21-15-22(33-2)19(14-18(21)26)27-25(31)28-23(17-9-4-3-5-10-17)24(30)29-13-12-16-8-6-7-11-20(16)29/h3-11,14-15,23H,12-13H2,1-2H3,(H2,27,28,31)/t23-/m0/s1. The number of carbonyl (C=O) groups is 2. The number of benzene rings is 3. The van der Waals surface area contributed by atoms with Gasteiger partial charge in [0.25, 0.3) is 5.91 Å². The first-order chi connectivity index (χ1) is 16.0. The van der Waals surface area contributed by atoms with E-state index in [1.807, 2.05) is 54.6 Å². The van der Waals surface area contributed by atoms with E-state index >= 15 is 0 Å². The van der Waals surface area contributed by atoms with Gasteiger partial charge in [-0.1, -0.05) is 60.1 Å². The molecule has 0 aromatic heterocycles. The zero-order valence-electron chi connectivity index (χ0n) is 18.3. The maximum Gasteiger partial charge on any atom is 0.320 e. The van der Waals surface area contributed by atoms with Crippen LogP contribution in [0.3, 0.4) is 0 Å². The molecule has 4 rings (SSSR count). The third-order valence-corrected chi connectivity index (χ3v) is 5.83. The fourth-order valence-corrected chi connectivity index (χ4v) is 4.14. The number of fused-ring (bicyclic) bond motifs is 1. The van der Waals surface area contributed by atoms with Gasteiger partial charge in [-0.3, -0.25) is 4.79 Å². The molecule has 3 aromatic carbocycles. The molecule has 8 heteroatoms. The summed E-state index contributed by atoms with van der Waals surface area (Å²) in [5.74, 6) is 0.591. The maximum absolute atomic E-state index is 13.6. The Balaban J connectivity index is 1.59. The summed E-state index contributed by atoms with van der Waals surface area (Å²) in [6.45, 7) is 0.562. The van der Waals surface area contributed by atoms with E-state index in [0.29, 0.717) is 34.3 Å². The van der Waals surface area contributed by atoms with E-state index in [1.165, 1.54) is 20.3 Å². The van der Waals surface area contributed by atoms with Crippen LogP contribution in [0.4, 0.5) is 16.2 Å². The topological polar surface area (TPSA) is 79.9 Å². The molecule has 33 heavy (non-hydrogen) atoms. The number of anilines is 2. The minimum absolute atomic E-state index is 0.207. The highest BCUT2D eigenvalue weighted by molar-refractivity contribution is 6.32. The van der Waals surface area contributed by atoms with Gasteiger partial charge in [-0.05, 0) is 29.7 Å². The lowest BCUT2D eigenvalue weighted by Gasteiger charge is -2.25. The minimum Gasteiger partial charge on any atom is -0.495 e. The van der Waals surface area contributed by atoms with Crippen LogP contribution in [0.1, 0.15) is 17.2 Å². The van der Waals surface area contributed by atoms with Crippen molar-refractivity contribution < 1.29 is 19.1 Å². The van der Waals surface area contributed by atoms with E-state index < -0.39 is 12.1 Å². The SMILES string of the molecule is COc1cc(OC)c(NC(=O)N[C@H](C(=O)N2CCc3ccccc32)c2ccccc2)cc1Cl. The zero-order chi connectivity index (χ0) is 23.4. The van der Waals surface area contributed by atoms with Crippen LogP contribution in [0.15, 0.2) is 66.7 Å². The number of urea groups is 1. The minimum atomic E-state index is -0.878. The van der Waals surface area contributed by atoms with Crippen molar-refractivity contribution in [3.8, 4) is 11.5 Å². The molecule has 0 aliphatic carbocycles. The van der Waals surface area contributed by atoms with Gasteiger partial charge in [0.15, 0.2) is 0 Å². The van der Waals surface area contributed by atoms with E-state index in [4.69, 9.17) is 21.1 Å². The molecular weight excluding hydrogens is 442 g/mol. The predicted octanol–water partition coefficient (Wildman–Crippen LogP) is 4.81. The van der Waals surface area contributed by atoms with E-state index in [2.05, 4.69) is 10.6 Å². The molecule has 0 saturated heterocycles. The molecule has 0 saturated carbocycles. The third-order valence-electron chi connectivity index (χ3n) is 5.53. The largest absolute Gasteiger partial charge is 0.495 e. The molecule has 7 nitrogen and oxygen atoms in total. The number of nitrogens with one attached hydrogen (secondary N) is 2. The molecule has 2 N–H and O–H groups in total. The van der Waals surface area contributed by atoms with Crippen molar-refractivity contribution >= 4 is 34.9 Å². The Morgan fingerprint density at radius 1 is 0.970 bits per heavy atom. The second-order valence-electron chi connectivity index (χ2n) is 7.50. The van der Waals surface area contributed by atoms with Crippen molar-refractivity contribution in [3.63, 3.8) is 0 Å². The van der Waals surface area contributed by atoms with Crippen LogP contribution in [0.25, 0.3) is 0 Å². The number of carbonyl (C=O) groups excluding carboxylic acids is 2. The molecule has 1 atom stereocenters. The van der Waals surface area contributed by atoms with Crippen molar-refractivity contribution in [2.75, 3.05) is 31.0 Å². The first-order valence-corrected chi connectivity index (χ1v) is 10.8. The van der Waals surface area contributed by atoms with Crippen LogP contribution >= 0.6 is 11.6 Å². The lowest BCUT2D eigenvalue weighted by molar-refractivity contribution is -0.120. The van der Waals surface area contributed by atoms with E-state index in [9.17, 15) is 9.59 Å². The normalized spacial score (nSPS) is 13.1. The number of methoxy groups -OCH3 is 2. The molecule has 1 aliphatic heterocycles. The monoisotopic (exact) mass is 465 g/mol. The van der Waals surface area contributed by atoms with Crippen molar-refractivity contribution in [2.24, 2.45) is 0 Å². The number of amides is 3. The van der Waals surface area contributed by atoms with E-state index in [0.717, 1.165) is 17.7 Å². The summed E-state index contributed by atoms with van der Waals surface area (Å²) in [6, 6.07) is 18.6. The summed E-state index contributed by atoms with van der Waals surface area (Å²) < 4.78 is 10.5. The average Bonchev–Trinajstić information content (AvgIpc) is 3.27. The fraction of sp³-hybridized carbons (Fsp3) is 0.200. The summed E-state index contributed by atoms with van der Waals surface area (Å²) >= 11 is 6.21. The highest BCUT2D eigenvalue weighted by Gasteiger charge is 2.32. The first-order valence-electron chi connectivity index (χ1n) is 10.4. The molecular formula is C25H24ClN3O4. The maximum atomic E-state index is 13.6. The summed E-state index contributed by atoms with van der Waals surface area (Å²) in [5, 5.41) is 5.87. The number of nitrogens with zero attached hydrogens (tertiary/aromatic N) is 1. The third kappa shape index (κ3) is 4.73. The van der Waals surface area contributed by atoms with Crippen LogP contribution in [0, 0.1) is 0 Å². The Hall–Kier alpha value is -3.71. The quantitative estimate of drug-likeness (QED) is 0.547. The van der Waals surface area contributed by atoms with Gasteiger partial charge in [0, 0.05) is 18.3 Å². The summed E-state index contributed by atoms with van der Waals surface area (Å²) in [6.07, 6.45) is 0.775. The van der Waals surface area contributed by atoms with Gasteiger partial charge in [-0.2, -0.15) is 0 Å². The molecule has 0 radical (unpaired) electrons. The second-order valence-corrected chi connectivity index (χ2v) is 7.90. The van der Waals surface area contributed by atoms with Gasteiger partial charge in [0.1, 0.15) is 17.5 Å². The van der Waals surface area contributed by atoms with E-state index in [1.54, 1.807) is 11.0 Å². The summed E-state index contributed by atoms with van der Waals surface area (Å²) in [7, 11) is 2.97.